The van der Waals surface area contributed by atoms with E-state index >= 15 is 0 Å². The van der Waals surface area contributed by atoms with Gasteiger partial charge in [-0.05, 0) is 23.0 Å². The second-order valence-electron chi connectivity index (χ2n) is 4.80. The van der Waals surface area contributed by atoms with Gasteiger partial charge >= 0.3 is 5.97 Å². The highest BCUT2D eigenvalue weighted by Gasteiger charge is 2.11. The lowest BCUT2D eigenvalue weighted by Crippen LogP contribution is -2.24. The molecule has 21 heavy (non-hydrogen) atoms. The van der Waals surface area contributed by atoms with Gasteiger partial charge in [-0.3, -0.25) is 9.69 Å². The number of nitrogens with zero attached hydrogens (tertiary/aromatic N) is 5. The highest BCUT2D eigenvalue weighted by atomic mass is 16.5. The summed E-state index contributed by atoms with van der Waals surface area (Å²) in [5, 5.41) is 11.8. The van der Waals surface area contributed by atoms with Gasteiger partial charge in [0.25, 0.3) is 0 Å². The monoisotopic (exact) mass is 289 g/mol. The van der Waals surface area contributed by atoms with E-state index in [1.165, 1.54) is 7.11 Å². The normalized spacial score (nSPS) is 10.8. The second kappa shape index (κ2) is 7.49. The number of carbonyl (C=O) groups excluding carboxylic acids is 1. The van der Waals surface area contributed by atoms with Crippen LogP contribution in [-0.4, -0.2) is 51.8 Å². The van der Waals surface area contributed by atoms with Crippen molar-refractivity contribution in [2.75, 3.05) is 20.7 Å². The minimum atomic E-state index is -0.217. The van der Waals surface area contributed by atoms with Gasteiger partial charge in [0, 0.05) is 6.54 Å². The molecule has 0 aliphatic carbocycles. The molecule has 0 radical (unpaired) electrons. The van der Waals surface area contributed by atoms with E-state index in [1.807, 2.05) is 42.3 Å². The van der Waals surface area contributed by atoms with E-state index in [0.717, 1.165) is 11.4 Å². The van der Waals surface area contributed by atoms with Crippen molar-refractivity contribution in [2.24, 2.45) is 0 Å². The molecule has 0 fully saturated rings. The van der Waals surface area contributed by atoms with E-state index in [2.05, 4.69) is 20.3 Å². The lowest BCUT2D eigenvalue weighted by molar-refractivity contribution is -0.140. The van der Waals surface area contributed by atoms with Gasteiger partial charge in [-0.2, -0.15) is 0 Å². The van der Waals surface area contributed by atoms with Gasteiger partial charge in [-0.1, -0.05) is 30.3 Å². The number of aromatic nitrogens is 4. The maximum Gasteiger partial charge on any atom is 0.306 e. The Kier molecular flexibility index (Phi) is 5.39. The van der Waals surface area contributed by atoms with Gasteiger partial charge in [-0.25, -0.2) is 4.68 Å². The van der Waals surface area contributed by atoms with Crippen molar-refractivity contribution < 1.29 is 9.53 Å². The molecule has 0 aliphatic heterocycles. The van der Waals surface area contributed by atoms with Gasteiger partial charge in [0.2, 0.25) is 0 Å². The smallest absolute Gasteiger partial charge is 0.306 e. The third-order valence-electron chi connectivity index (χ3n) is 3.12. The summed E-state index contributed by atoms with van der Waals surface area (Å²) in [5.41, 5.74) is 1.14. The van der Waals surface area contributed by atoms with Crippen LogP contribution >= 0.6 is 0 Å². The van der Waals surface area contributed by atoms with Crippen LogP contribution in [0, 0.1) is 0 Å². The van der Waals surface area contributed by atoms with Crippen LogP contribution in [0.25, 0.3) is 0 Å². The molecule has 2 rings (SSSR count). The highest BCUT2D eigenvalue weighted by molar-refractivity contribution is 5.69. The van der Waals surface area contributed by atoms with Crippen LogP contribution in [0.3, 0.4) is 0 Å². The van der Waals surface area contributed by atoms with Crippen LogP contribution in [0.5, 0.6) is 0 Å². The number of carbonyl (C=O) groups is 1. The minimum absolute atomic E-state index is 0.217. The summed E-state index contributed by atoms with van der Waals surface area (Å²) in [4.78, 5) is 13.1. The molecule has 1 heterocycles. The molecule has 7 nitrogen and oxygen atoms in total. The summed E-state index contributed by atoms with van der Waals surface area (Å²) in [7, 11) is 3.31. The summed E-state index contributed by atoms with van der Waals surface area (Å²) in [6.07, 6.45) is 0.354. The predicted molar refractivity (Wildman–Crippen MR) is 76.3 cm³/mol. The van der Waals surface area contributed by atoms with Crippen molar-refractivity contribution in [3.63, 3.8) is 0 Å². The maximum atomic E-state index is 11.1. The van der Waals surface area contributed by atoms with Gasteiger partial charge in [0.1, 0.15) is 0 Å². The first-order valence-electron chi connectivity index (χ1n) is 6.73. The number of methoxy groups -OCH3 is 1. The van der Waals surface area contributed by atoms with Gasteiger partial charge in [-0.15, -0.1) is 5.10 Å². The second-order valence-corrected chi connectivity index (χ2v) is 4.80. The molecule has 0 spiro atoms. The molecule has 0 unspecified atom stereocenters. The van der Waals surface area contributed by atoms with Crippen molar-refractivity contribution in [3.8, 4) is 0 Å². The fourth-order valence-corrected chi connectivity index (χ4v) is 1.92. The summed E-state index contributed by atoms with van der Waals surface area (Å²) in [6, 6.07) is 10.0. The molecule has 1 aromatic heterocycles. The number of rotatable bonds is 7. The highest BCUT2D eigenvalue weighted by Crippen LogP contribution is 2.05. The zero-order valence-corrected chi connectivity index (χ0v) is 12.3. The molecule has 0 bridgehead atoms. The fraction of sp³-hybridized carbons (Fsp3) is 0.429. The van der Waals surface area contributed by atoms with Gasteiger partial charge in [0.05, 0.1) is 26.6 Å². The largest absolute Gasteiger partial charge is 0.469 e. The standard InChI is InChI=1S/C14H19N5O2/c1-18(9-8-14(20)21-2)11-13-15-16-17-19(13)10-12-6-4-3-5-7-12/h3-7H,8-11H2,1-2H3. The van der Waals surface area contributed by atoms with Crippen molar-refractivity contribution in [1.29, 1.82) is 0 Å². The van der Waals surface area contributed by atoms with Crippen LogP contribution in [0.2, 0.25) is 0 Å². The van der Waals surface area contributed by atoms with E-state index in [0.29, 0.717) is 26.1 Å². The first-order valence-corrected chi connectivity index (χ1v) is 6.73. The lowest BCUT2D eigenvalue weighted by atomic mass is 10.2. The molecule has 0 amide bonds. The molecule has 2 aromatic rings. The summed E-state index contributed by atoms with van der Waals surface area (Å²) in [5.74, 6) is 0.553. The topological polar surface area (TPSA) is 73.1 Å². The number of hydrogen-bond donors (Lipinski definition) is 0. The summed E-state index contributed by atoms with van der Waals surface area (Å²) in [6.45, 7) is 1.82. The Morgan fingerprint density at radius 2 is 2.10 bits per heavy atom. The number of tetrazole rings is 1. The average Bonchev–Trinajstić information content (AvgIpc) is 2.93. The van der Waals surface area contributed by atoms with E-state index in [-0.39, 0.29) is 5.97 Å². The third-order valence-corrected chi connectivity index (χ3v) is 3.12. The van der Waals surface area contributed by atoms with E-state index in [1.54, 1.807) is 4.68 Å². The predicted octanol–water partition coefficient (Wildman–Crippen LogP) is 0.716. The lowest BCUT2D eigenvalue weighted by Gasteiger charge is -2.15. The van der Waals surface area contributed by atoms with Crippen molar-refractivity contribution >= 4 is 5.97 Å². The SMILES string of the molecule is COC(=O)CCN(C)Cc1nnnn1Cc1ccccc1. The van der Waals surface area contributed by atoms with E-state index in [4.69, 9.17) is 0 Å². The Morgan fingerprint density at radius 3 is 2.81 bits per heavy atom. The minimum Gasteiger partial charge on any atom is -0.469 e. The molecule has 0 N–H and O–H groups in total. The quantitative estimate of drug-likeness (QED) is 0.699. The Balaban J connectivity index is 1.92. The van der Waals surface area contributed by atoms with Crippen molar-refractivity contribution in [1.82, 2.24) is 25.1 Å². The van der Waals surface area contributed by atoms with Crippen molar-refractivity contribution in [3.05, 3.63) is 41.7 Å². The Hall–Kier alpha value is -2.28. The third kappa shape index (κ3) is 4.64. The zero-order valence-electron chi connectivity index (χ0n) is 12.3. The molecule has 1 aromatic carbocycles. The maximum absolute atomic E-state index is 11.1. The molecule has 0 aliphatic rings. The molecule has 0 saturated carbocycles. The summed E-state index contributed by atoms with van der Waals surface area (Å²) >= 11 is 0. The van der Waals surface area contributed by atoms with Crippen LogP contribution < -0.4 is 0 Å². The van der Waals surface area contributed by atoms with Gasteiger partial charge < -0.3 is 4.74 Å². The first-order chi connectivity index (χ1) is 10.2. The average molecular weight is 289 g/mol. The van der Waals surface area contributed by atoms with E-state index in [9.17, 15) is 4.79 Å². The van der Waals surface area contributed by atoms with Crippen molar-refractivity contribution in [2.45, 2.75) is 19.5 Å². The van der Waals surface area contributed by atoms with E-state index < -0.39 is 0 Å². The molecular weight excluding hydrogens is 270 g/mol. The Morgan fingerprint density at radius 1 is 1.33 bits per heavy atom. The number of esters is 1. The summed E-state index contributed by atoms with van der Waals surface area (Å²) < 4.78 is 6.40. The number of benzene rings is 1. The Bertz CT molecular complexity index is 570. The molecule has 112 valence electrons. The van der Waals surface area contributed by atoms with Crippen LogP contribution in [0.1, 0.15) is 17.8 Å². The zero-order chi connectivity index (χ0) is 15.1. The molecule has 0 saturated heterocycles. The Labute approximate surface area is 123 Å². The van der Waals surface area contributed by atoms with Crippen LogP contribution in [0.4, 0.5) is 0 Å². The number of hydrogen-bond acceptors (Lipinski definition) is 6. The van der Waals surface area contributed by atoms with Crippen LogP contribution in [-0.2, 0) is 22.6 Å². The van der Waals surface area contributed by atoms with Gasteiger partial charge in [0.15, 0.2) is 5.82 Å². The molecule has 0 atom stereocenters. The van der Waals surface area contributed by atoms with Crippen LogP contribution in [0.15, 0.2) is 30.3 Å². The molecule has 7 heteroatoms. The number of ether oxygens (including phenoxy) is 1. The first kappa shape index (κ1) is 15.1. The molecular formula is C14H19N5O2. The fourth-order valence-electron chi connectivity index (χ4n) is 1.92.